The van der Waals surface area contributed by atoms with E-state index in [1.54, 1.807) is 14.2 Å². The number of aryl methyl sites for hydroxylation is 1. The minimum atomic E-state index is 0.410. The third-order valence-corrected chi connectivity index (χ3v) is 2.25. The Morgan fingerprint density at radius 1 is 1.11 bits per heavy atom. The van der Waals surface area contributed by atoms with E-state index in [2.05, 4.69) is 127 Å². The number of alkyl halides is 4. The van der Waals surface area contributed by atoms with Crippen molar-refractivity contribution in [1.82, 2.24) is 0 Å². The van der Waals surface area contributed by atoms with Crippen molar-refractivity contribution in [2.24, 2.45) is 0 Å². The second kappa shape index (κ2) is 13.8. The number of halogens is 4. The minimum Gasteiger partial charge on any atom is -0.388 e. The molecular weight excluding hydrogens is 633 g/mol. The van der Waals surface area contributed by atoms with Crippen LogP contribution in [-0.4, -0.2) is 13.7 Å². The topological polar surface area (TPSA) is 9.23 Å². The molecule has 0 heterocycles. The van der Waals surface area contributed by atoms with E-state index in [1.165, 1.54) is 11.1 Å². The monoisotopic (exact) mass is 652 g/mol. The average molecular weight is 653 g/mol. The fourth-order valence-electron chi connectivity index (χ4n) is 1.03. The van der Waals surface area contributed by atoms with Gasteiger partial charge in [0, 0.05) is 19.5 Å². The van der Waals surface area contributed by atoms with Crippen LogP contribution in [0, 0.1) is 0 Å². The zero-order chi connectivity index (χ0) is 14.6. The Morgan fingerprint density at radius 3 is 1.67 bits per heavy atom. The molecule has 0 aromatic heterocycles. The number of rotatable bonds is 2. The van der Waals surface area contributed by atoms with Crippen LogP contribution in [0.3, 0.4) is 0 Å². The van der Waals surface area contributed by atoms with Crippen molar-refractivity contribution in [3.63, 3.8) is 0 Å². The van der Waals surface area contributed by atoms with Gasteiger partial charge >= 0.3 is 0 Å². The molecule has 0 saturated heterocycles. The molecule has 0 aliphatic carbocycles. The maximum Gasteiger partial charge on any atom is 0.121 e. The Hall–Kier alpha value is 1.85. The minimum absolute atomic E-state index is 0.410. The number of hydrogen-bond donors (Lipinski definition) is 0. The Morgan fingerprint density at radius 2 is 1.44 bits per heavy atom. The number of methoxy groups -OCH3 is 1. The summed E-state index contributed by atoms with van der Waals surface area (Å²) in [6.07, 6.45) is 1.13. The van der Waals surface area contributed by atoms with Gasteiger partial charge in [-0.1, -0.05) is 115 Å². The van der Waals surface area contributed by atoms with Crippen LogP contribution in [0.2, 0.25) is 0 Å². The van der Waals surface area contributed by atoms with Gasteiger partial charge in [-0.2, -0.15) is 0 Å². The third-order valence-electron chi connectivity index (χ3n) is 1.64. The predicted molar refractivity (Wildman–Crippen MR) is 112 cm³/mol. The molecule has 0 aliphatic heterocycles. The largest absolute Gasteiger partial charge is 0.388 e. The lowest BCUT2D eigenvalue weighted by Gasteiger charge is -2.01. The van der Waals surface area contributed by atoms with Crippen LogP contribution in [0.4, 0.5) is 0 Å². The molecule has 0 radical (unpaired) electrons. The fourth-order valence-corrected chi connectivity index (χ4v) is 1.58. The van der Waals surface area contributed by atoms with Crippen LogP contribution in [0.25, 0.3) is 0 Å². The summed E-state index contributed by atoms with van der Waals surface area (Å²) in [5.74, 6) is 0. The van der Waals surface area contributed by atoms with Gasteiger partial charge in [0.05, 0.1) is 0 Å². The van der Waals surface area contributed by atoms with Gasteiger partial charge in [0.2, 0.25) is 0 Å². The van der Waals surface area contributed by atoms with Crippen LogP contribution >= 0.6 is 83.7 Å². The van der Waals surface area contributed by atoms with Crippen molar-refractivity contribution < 1.29 is 4.74 Å². The quantitative estimate of drug-likeness (QED) is 0.267. The van der Waals surface area contributed by atoms with Gasteiger partial charge in [0.15, 0.2) is 0 Å². The van der Waals surface area contributed by atoms with Crippen LogP contribution in [0.1, 0.15) is 25.0 Å². The summed E-state index contributed by atoms with van der Waals surface area (Å²) in [6.45, 7) is 4.33. The Balaban J connectivity index is 0. The molecule has 0 N–H and O–H groups in total. The molecule has 0 fully saturated rings. The predicted octanol–water partition coefficient (Wildman–Crippen LogP) is 6.37. The summed E-state index contributed by atoms with van der Waals surface area (Å²) in [6, 6.07) is 8.50. The standard InChI is InChI=1S/C9H11Br.C2H3I3.C2H6O/c1-2-8-5-3-4-6-9(8)7-10;1-2(3,4)5;1-3-2/h3-6H,2,7H2,1H3;1H3;1-2H3. The Kier molecular flexibility index (Phi) is 17.0. The van der Waals surface area contributed by atoms with E-state index in [1.807, 2.05) is 0 Å². The first-order valence-electron chi connectivity index (χ1n) is 5.39. The smallest absolute Gasteiger partial charge is 0.121 e. The average Bonchev–Trinajstić information content (AvgIpc) is 2.28. The van der Waals surface area contributed by atoms with E-state index in [0.29, 0.717) is -0.565 Å². The van der Waals surface area contributed by atoms with Crippen LogP contribution in [0.15, 0.2) is 24.3 Å². The van der Waals surface area contributed by atoms with Crippen molar-refractivity contribution in [2.75, 3.05) is 14.2 Å². The lowest BCUT2D eigenvalue weighted by molar-refractivity contribution is 0.277. The molecule has 5 heteroatoms. The highest BCUT2D eigenvalue weighted by molar-refractivity contribution is 14.3. The zero-order valence-electron chi connectivity index (χ0n) is 11.1. The molecule has 1 aromatic rings. The molecule has 1 nitrogen and oxygen atoms in total. The van der Waals surface area contributed by atoms with E-state index in [9.17, 15) is 0 Å². The molecule has 0 aliphatic rings. The maximum absolute atomic E-state index is 4.25. The highest BCUT2D eigenvalue weighted by Crippen LogP contribution is 2.33. The van der Waals surface area contributed by atoms with Gasteiger partial charge in [0.1, 0.15) is -0.565 Å². The number of ether oxygens (including phenoxy) is 1. The summed E-state index contributed by atoms with van der Waals surface area (Å²) < 4.78 is 4.66. The summed E-state index contributed by atoms with van der Waals surface area (Å²) in [5, 5.41) is 0.969. The van der Waals surface area contributed by atoms with Gasteiger partial charge in [-0.25, -0.2) is 0 Å². The molecule has 106 valence electrons. The van der Waals surface area contributed by atoms with E-state index in [-0.39, 0.29) is 0 Å². The normalized spacial score (nSPS) is 9.78. The van der Waals surface area contributed by atoms with Gasteiger partial charge in [0.25, 0.3) is 0 Å². The van der Waals surface area contributed by atoms with Crippen LogP contribution in [-0.2, 0) is 16.5 Å². The lowest BCUT2D eigenvalue weighted by atomic mass is 10.1. The Labute approximate surface area is 161 Å². The van der Waals surface area contributed by atoms with E-state index in [0.717, 1.165) is 11.8 Å². The molecule has 18 heavy (non-hydrogen) atoms. The first kappa shape index (κ1) is 22.1. The third kappa shape index (κ3) is 17.8. The van der Waals surface area contributed by atoms with E-state index in [4.69, 9.17) is 0 Å². The highest BCUT2D eigenvalue weighted by atomic mass is 127. The van der Waals surface area contributed by atoms with Gasteiger partial charge in [-0.3, -0.25) is 0 Å². The molecule has 0 unspecified atom stereocenters. The zero-order valence-corrected chi connectivity index (χ0v) is 19.2. The van der Waals surface area contributed by atoms with Gasteiger partial charge < -0.3 is 4.74 Å². The molecule has 0 saturated carbocycles. The molecule has 0 amide bonds. The van der Waals surface area contributed by atoms with Crippen molar-refractivity contribution in [2.45, 2.75) is 25.0 Å². The van der Waals surface area contributed by atoms with Crippen LogP contribution in [0.5, 0.6) is 0 Å². The Bertz CT molecular complexity index is 272. The second-order valence-corrected chi connectivity index (χ2v) is 16.7. The maximum atomic E-state index is 4.25. The molecular formula is C13H20BrI3O. The fraction of sp³-hybridized carbons (Fsp3) is 0.538. The summed E-state index contributed by atoms with van der Waals surface area (Å²) >= 11 is 10.5. The van der Waals surface area contributed by atoms with Gasteiger partial charge in [-0.05, 0) is 24.5 Å². The molecule has 1 rings (SSSR count). The highest BCUT2D eigenvalue weighted by Gasteiger charge is 2.04. The molecule has 1 aromatic carbocycles. The summed E-state index contributed by atoms with van der Waals surface area (Å²) in [7, 11) is 3.25. The summed E-state index contributed by atoms with van der Waals surface area (Å²) in [4.78, 5) is 0. The number of hydrogen-bond acceptors (Lipinski definition) is 1. The first-order valence-corrected chi connectivity index (χ1v) is 9.75. The molecule has 0 atom stereocenters. The van der Waals surface area contributed by atoms with Crippen molar-refractivity contribution in [1.29, 1.82) is 0 Å². The number of benzene rings is 1. The van der Waals surface area contributed by atoms with E-state index >= 15 is 0 Å². The molecule has 0 spiro atoms. The van der Waals surface area contributed by atoms with Crippen molar-refractivity contribution in [3.8, 4) is 0 Å². The first-order chi connectivity index (χ1) is 8.29. The SMILES string of the molecule is CC(I)(I)I.CCc1ccccc1CBr.COC. The van der Waals surface area contributed by atoms with Crippen molar-refractivity contribution >= 4 is 83.7 Å². The lowest BCUT2D eigenvalue weighted by Crippen LogP contribution is -1.86. The van der Waals surface area contributed by atoms with Crippen LogP contribution < -0.4 is 0 Å². The summed E-state index contributed by atoms with van der Waals surface area (Å²) in [5.41, 5.74) is 2.85. The van der Waals surface area contributed by atoms with Crippen molar-refractivity contribution in [3.05, 3.63) is 35.4 Å². The van der Waals surface area contributed by atoms with E-state index < -0.39 is 0 Å². The molecule has 0 bridgehead atoms. The second-order valence-electron chi connectivity index (χ2n) is 3.45. The van der Waals surface area contributed by atoms with Gasteiger partial charge in [-0.15, -0.1) is 0 Å².